The van der Waals surface area contributed by atoms with Crippen molar-refractivity contribution in [3.63, 3.8) is 0 Å². The van der Waals surface area contributed by atoms with Crippen LogP contribution in [0, 0.1) is 0 Å². The summed E-state index contributed by atoms with van der Waals surface area (Å²) in [7, 11) is 3.39. The summed E-state index contributed by atoms with van der Waals surface area (Å²) in [5, 5.41) is 2.86. The molecule has 1 aromatic carbocycles. The Hall–Kier alpha value is -2.21. The number of nitrogens with one attached hydrogen (secondary N) is 1. The molecule has 1 amide bonds. The van der Waals surface area contributed by atoms with Crippen LogP contribution < -0.4 is 10.8 Å². The molecule has 0 atom stereocenters. The summed E-state index contributed by atoms with van der Waals surface area (Å²) in [6.45, 7) is 8.80. The molecule has 0 bridgehead atoms. The summed E-state index contributed by atoms with van der Waals surface area (Å²) >= 11 is 0. The first-order chi connectivity index (χ1) is 9.97. The van der Waals surface area contributed by atoms with Crippen LogP contribution in [-0.4, -0.2) is 45.1 Å². The van der Waals surface area contributed by atoms with Crippen molar-refractivity contribution in [1.29, 1.82) is 0 Å². The summed E-state index contributed by atoms with van der Waals surface area (Å²) in [4.78, 5) is 14.0. The number of hydrogen-bond donors (Lipinski definition) is 1. The first-order valence-corrected chi connectivity index (χ1v) is 6.72. The number of nitrogens with zero attached hydrogens (tertiary/aromatic N) is 1. The van der Waals surface area contributed by atoms with Gasteiger partial charge in [-0.2, -0.15) is 0 Å². The minimum atomic E-state index is -0.532. The zero-order chi connectivity index (χ0) is 15.4. The highest BCUT2D eigenvalue weighted by Crippen LogP contribution is 2.20. The van der Waals surface area contributed by atoms with Crippen LogP contribution in [-0.2, 0) is 9.31 Å². The maximum Gasteiger partial charge on any atom is 0.632 e. The Morgan fingerprint density at radius 2 is 1.76 bits per heavy atom. The van der Waals surface area contributed by atoms with Crippen molar-refractivity contribution in [2.75, 3.05) is 27.2 Å². The van der Waals surface area contributed by atoms with Crippen LogP contribution in [0.3, 0.4) is 0 Å². The first kappa shape index (κ1) is 15.2. The van der Waals surface area contributed by atoms with E-state index in [1.54, 1.807) is 24.3 Å². The van der Waals surface area contributed by atoms with Gasteiger partial charge in [-0.15, -0.1) is 0 Å². The Labute approximate surface area is 125 Å². The summed E-state index contributed by atoms with van der Waals surface area (Å²) in [6, 6.07) is 7.10. The van der Waals surface area contributed by atoms with Crippen molar-refractivity contribution >= 4 is 18.5 Å². The quantitative estimate of drug-likeness (QED) is 0.811. The van der Waals surface area contributed by atoms with Crippen molar-refractivity contribution in [2.45, 2.75) is 0 Å². The Kier molecular flexibility index (Phi) is 4.70. The first-order valence-electron chi connectivity index (χ1n) is 6.72. The Balaban J connectivity index is 1.94. The second-order valence-electron chi connectivity index (χ2n) is 5.10. The molecule has 0 aromatic heterocycles. The molecule has 0 unspecified atom stereocenters. The molecule has 2 rings (SSSR count). The highest BCUT2D eigenvalue weighted by atomic mass is 16.6. The molecule has 1 N–H and O–H groups in total. The van der Waals surface area contributed by atoms with E-state index < -0.39 is 7.12 Å². The van der Waals surface area contributed by atoms with E-state index in [4.69, 9.17) is 9.31 Å². The van der Waals surface area contributed by atoms with E-state index in [1.165, 1.54) is 0 Å². The van der Waals surface area contributed by atoms with Crippen LogP contribution in [0.25, 0.3) is 0 Å². The van der Waals surface area contributed by atoms with Crippen LogP contribution in [0.2, 0.25) is 0 Å². The maximum atomic E-state index is 11.9. The Bertz CT molecular complexity index is 539. The fourth-order valence-corrected chi connectivity index (χ4v) is 1.84. The van der Waals surface area contributed by atoms with Gasteiger partial charge in [0, 0.05) is 24.1 Å². The number of likely N-dealkylation sites (N-methyl/N-ethyl adjacent to an activating group) is 1. The van der Waals surface area contributed by atoms with Gasteiger partial charge in [0.15, 0.2) is 0 Å². The van der Waals surface area contributed by atoms with Gasteiger partial charge in [-0.25, -0.2) is 0 Å². The third-order valence-electron chi connectivity index (χ3n) is 3.10. The van der Waals surface area contributed by atoms with Gasteiger partial charge in [0.1, 0.15) is 11.5 Å². The SMILES string of the molecule is C=C1OB(c2ccc(C(=O)NCCN(C)C)cc2)OC1=C. The molecular formula is C15H19BN2O3. The van der Waals surface area contributed by atoms with Gasteiger partial charge in [-0.3, -0.25) is 4.79 Å². The Morgan fingerprint density at radius 3 is 2.29 bits per heavy atom. The van der Waals surface area contributed by atoms with Crippen LogP contribution >= 0.6 is 0 Å². The summed E-state index contributed by atoms with van der Waals surface area (Å²) in [5.41, 5.74) is 1.42. The van der Waals surface area contributed by atoms with E-state index in [9.17, 15) is 4.79 Å². The van der Waals surface area contributed by atoms with Crippen LogP contribution in [0.15, 0.2) is 48.9 Å². The average molecular weight is 286 g/mol. The normalized spacial score (nSPS) is 14.1. The van der Waals surface area contributed by atoms with Gasteiger partial charge in [-0.1, -0.05) is 25.3 Å². The van der Waals surface area contributed by atoms with Crippen molar-refractivity contribution in [2.24, 2.45) is 0 Å². The molecule has 0 spiro atoms. The molecule has 110 valence electrons. The smallest absolute Gasteiger partial charge is 0.520 e. The lowest BCUT2D eigenvalue weighted by atomic mass is 9.79. The molecule has 6 heteroatoms. The standard InChI is InChI=1S/C15H19BN2O3/c1-11-12(2)21-16(20-11)14-7-5-13(6-8-14)15(19)17-9-10-18(3)4/h5-8H,1-2,9-10H2,3-4H3,(H,17,19). The average Bonchev–Trinajstić information content (AvgIpc) is 2.78. The number of rotatable bonds is 5. The maximum absolute atomic E-state index is 11.9. The van der Waals surface area contributed by atoms with E-state index in [0.717, 1.165) is 12.0 Å². The molecule has 21 heavy (non-hydrogen) atoms. The molecule has 0 radical (unpaired) electrons. The van der Waals surface area contributed by atoms with E-state index in [-0.39, 0.29) is 5.91 Å². The molecule has 1 aliphatic rings. The number of hydrogen-bond acceptors (Lipinski definition) is 4. The molecule has 0 aliphatic carbocycles. The molecule has 5 nitrogen and oxygen atoms in total. The fraction of sp³-hybridized carbons (Fsp3) is 0.267. The molecule has 1 aromatic rings. The fourth-order valence-electron chi connectivity index (χ4n) is 1.84. The zero-order valence-electron chi connectivity index (χ0n) is 12.4. The van der Waals surface area contributed by atoms with Gasteiger partial charge in [-0.05, 0) is 26.2 Å². The monoisotopic (exact) mass is 286 g/mol. The van der Waals surface area contributed by atoms with Gasteiger partial charge >= 0.3 is 7.12 Å². The lowest BCUT2D eigenvalue weighted by Gasteiger charge is -2.10. The minimum Gasteiger partial charge on any atom is -0.520 e. The predicted molar refractivity (Wildman–Crippen MR) is 83.2 cm³/mol. The molecular weight excluding hydrogens is 267 g/mol. The molecule has 0 saturated carbocycles. The lowest BCUT2D eigenvalue weighted by Crippen LogP contribution is -2.33. The van der Waals surface area contributed by atoms with Gasteiger partial charge < -0.3 is 19.5 Å². The number of amides is 1. The largest absolute Gasteiger partial charge is 0.632 e. The molecule has 1 saturated heterocycles. The highest BCUT2D eigenvalue weighted by Gasteiger charge is 2.34. The van der Waals surface area contributed by atoms with Gasteiger partial charge in [0.2, 0.25) is 0 Å². The third-order valence-corrected chi connectivity index (χ3v) is 3.10. The third kappa shape index (κ3) is 3.89. The number of carbonyl (C=O) groups is 1. The van der Waals surface area contributed by atoms with Crippen LogP contribution in [0.5, 0.6) is 0 Å². The summed E-state index contributed by atoms with van der Waals surface area (Å²) < 4.78 is 10.9. The highest BCUT2D eigenvalue weighted by molar-refractivity contribution is 6.62. The molecule has 1 heterocycles. The second kappa shape index (κ2) is 6.50. The van der Waals surface area contributed by atoms with Crippen molar-refractivity contribution < 1.29 is 14.1 Å². The van der Waals surface area contributed by atoms with E-state index in [1.807, 2.05) is 19.0 Å². The molecule has 1 fully saturated rings. The van der Waals surface area contributed by atoms with E-state index >= 15 is 0 Å². The Morgan fingerprint density at radius 1 is 1.19 bits per heavy atom. The van der Waals surface area contributed by atoms with Crippen molar-refractivity contribution in [3.05, 3.63) is 54.5 Å². The van der Waals surface area contributed by atoms with Crippen molar-refractivity contribution in [1.82, 2.24) is 10.2 Å². The van der Waals surface area contributed by atoms with Crippen LogP contribution in [0.4, 0.5) is 0 Å². The van der Waals surface area contributed by atoms with Crippen LogP contribution in [0.1, 0.15) is 10.4 Å². The topological polar surface area (TPSA) is 50.8 Å². The number of carbonyl (C=O) groups excluding carboxylic acids is 1. The van der Waals surface area contributed by atoms with Gasteiger partial charge in [0.25, 0.3) is 5.91 Å². The predicted octanol–water partition coefficient (Wildman–Crippen LogP) is 0.747. The lowest BCUT2D eigenvalue weighted by molar-refractivity contribution is 0.0951. The van der Waals surface area contributed by atoms with Crippen molar-refractivity contribution in [3.8, 4) is 0 Å². The zero-order valence-corrected chi connectivity index (χ0v) is 12.4. The second-order valence-corrected chi connectivity index (χ2v) is 5.10. The molecule has 1 aliphatic heterocycles. The van der Waals surface area contributed by atoms with Gasteiger partial charge in [0.05, 0.1) is 0 Å². The number of benzene rings is 1. The summed E-state index contributed by atoms with van der Waals surface area (Å²) in [6.07, 6.45) is 0. The summed E-state index contributed by atoms with van der Waals surface area (Å²) in [5.74, 6) is 0.779. The minimum absolute atomic E-state index is 0.0921. The van der Waals surface area contributed by atoms with E-state index in [0.29, 0.717) is 23.6 Å². The van der Waals surface area contributed by atoms with E-state index in [2.05, 4.69) is 18.5 Å².